The molecule has 0 saturated carbocycles. The Morgan fingerprint density at radius 1 is 1.25 bits per heavy atom. The molecule has 1 aromatic heterocycles. The third-order valence-electron chi connectivity index (χ3n) is 2.75. The summed E-state index contributed by atoms with van der Waals surface area (Å²) in [5.74, 6) is 0.327. The van der Waals surface area contributed by atoms with Crippen LogP contribution in [0.1, 0.15) is 50.1 Å². The number of aromatic nitrogens is 3. The smallest absolute Gasteiger partial charge is 0.293 e. The number of rotatable bonds is 8. The van der Waals surface area contributed by atoms with E-state index in [1.54, 1.807) is 0 Å². The summed E-state index contributed by atoms with van der Waals surface area (Å²) in [4.78, 5) is 29.6. The number of carbonyl (C=O) groups excluding carboxylic acids is 2. The summed E-state index contributed by atoms with van der Waals surface area (Å²) in [5, 5.41) is 9.37. The van der Waals surface area contributed by atoms with Gasteiger partial charge in [-0.1, -0.05) is 20.8 Å². The van der Waals surface area contributed by atoms with E-state index < -0.39 is 0 Å². The average Bonchev–Trinajstić information content (AvgIpc) is 2.92. The number of H-pyrrole nitrogens is 1. The highest BCUT2D eigenvalue weighted by molar-refractivity contribution is 5.93. The van der Waals surface area contributed by atoms with E-state index in [2.05, 4.69) is 20.5 Å². The first kappa shape index (κ1) is 16.1. The van der Waals surface area contributed by atoms with Crippen LogP contribution in [0.15, 0.2) is 0 Å². The van der Waals surface area contributed by atoms with Crippen molar-refractivity contribution in [1.82, 2.24) is 25.4 Å². The maximum absolute atomic E-state index is 12.3. The standard InChI is InChI=1S/C13H23N5O2/c1-4-7-14-11(19)9-18(8-5-2)13(20)12-15-10(6-3)16-17-12/h4-9H2,1-3H3,(H,14,19)(H,15,16,17). The molecular formula is C13H23N5O2. The maximum atomic E-state index is 12.3. The summed E-state index contributed by atoms with van der Waals surface area (Å²) in [5.41, 5.74) is 0. The van der Waals surface area contributed by atoms with Crippen LogP contribution in [0.2, 0.25) is 0 Å². The van der Waals surface area contributed by atoms with E-state index >= 15 is 0 Å². The predicted octanol–water partition coefficient (Wildman–Crippen LogP) is 0.746. The highest BCUT2D eigenvalue weighted by Crippen LogP contribution is 2.02. The first-order valence-electron chi connectivity index (χ1n) is 7.09. The molecule has 0 saturated heterocycles. The van der Waals surface area contributed by atoms with Crippen LogP contribution in [0.25, 0.3) is 0 Å². The van der Waals surface area contributed by atoms with Gasteiger partial charge in [0.2, 0.25) is 11.7 Å². The number of aromatic amines is 1. The third-order valence-corrected chi connectivity index (χ3v) is 2.75. The Hall–Kier alpha value is -1.92. The van der Waals surface area contributed by atoms with Crippen molar-refractivity contribution in [2.24, 2.45) is 0 Å². The van der Waals surface area contributed by atoms with Gasteiger partial charge in [0.25, 0.3) is 5.91 Å². The molecule has 1 aromatic rings. The molecule has 2 amide bonds. The fraction of sp³-hybridized carbons (Fsp3) is 0.692. The summed E-state index contributed by atoms with van der Waals surface area (Å²) in [6.07, 6.45) is 2.33. The second-order valence-corrected chi connectivity index (χ2v) is 4.54. The van der Waals surface area contributed by atoms with E-state index in [1.165, 1.54) is 4.90 Å². The summed E-state index contributed by atoms with van der Waals surface area (Å²) in [6.45, 7) is 7.04. The van der Waals surface area contributed by atoms with Gasteiger partial charge in [-0.15, -0.1) is 5.10 Å². The van der Waals surface area contributed by atoms with Crippen molar-refractivity contribution in [2.45, 2.75) is 40.0 Å². The summed E-state index contributed by atoms with van der Waals surface area (Å²) < 4.78 is 0. The van der Waals surface area contributed by atoms with Gasteiger partial charge >= 0.3 is 0 Å². The Kier molecular flexibility index (Phi) is 6.69. The molecule has 0 bridgehead atoms. The van der Waals surface area contributed by atoms with Crippen LogP contribution >= 0.6 is 0 Å². The van der Waals surface area contributed by atoms with Gasteiger partial charge in [0, 0.05) is 19.5 Å². The molecule has 2 N–H and O–H groups in total. The van der Waals surface area contributed by atoms with Crippen molar-refractivity contribution >= 4 is 11.8 Å². The zero-order chi connectivity index (χ0) is 15.0. The number of hydrogen-bond donors (Lipinski definition) is 2. The van der Waals surface area contributed by atoms with Crippen molar-refractivity contribution in [3.8, 4) is 0 Å². The minimum absolute atomic E-state index is 0.0443. The fourth-order valence-corrected chi connectivity index (χ4v) is 1.71. The minimum atomic E-state index is -0.311. The second-order valence-electron chi connectivity index (χ2n) is 4.54. The van der Waals surface area contributed by atoms with E-state index in [4.69, 9.17) is 0 Å². The molecule has 0 spiro atoms. The molecule has 0 unspecified atom stereocenters. The van der Waals surface area contributed by atoms with Crippen LogP contribution in [0.4, 0.5) is 0 Å². The van der Waals surface area contributed by atoms with Gasteiger partial charge in [-0.25, -0.2) is 4.98 Å². The fourth-order valence-electron chi connectivity index (χ4n) is 1.71. The van der Waals surface area contributed by atoms with Crippen LogP contribution in [-0.2, 0) is 11.2 Å². The average molecular weight is 281 g/mol. The minimum Gasteiger partial charge on any atom is -0.355 e. The Morgan fingerprint density at radius 3 is 2.55 bits per heavy atom. The summed E-state index contributed by atoms with van der Waals surface area (Å²) in [7, 11) is 0. The van der Waals surface area contributed by atoms with Crippen LogP contribution in [0.5, 0.6) is 0 Å². The van der Waals surface area contributed by atoms with Crippen LogP contribution in [0.3, 0.4) is 0 Å². The molecule has 20 heavy (non-hydrogen) atoms. The lowest BCUT2D eigenvalue weighted by atomic mass is 10.3. The Bertz CT molecular complexity index is 444. The molecular weight excluding hydrogens is 258 g/mol. The quantitative estimate of drug-likeness (QED) is 0.735. The van der Waals surface area contributed by atoms with E-state index in [0.29, 0.717) is 25.3 Å². The summed E-state index contributed by atoms with van der Waals surface area (Å²) >= 11 is 0. The van der Waals surface area contributed by atoms with E-state index in [9.17, 15) is 9.59 Å². The lowest BCUT2D eigenvalue weighted by Gasteiger charge is -2.19. The molecule has 0 atom stereocenters. The Labute approximate surface area is 119 Å². The zero-order valence-corrected chi connectivity index (χ0v) is 12.4. The van der Waals surface area contributed by atoms with Gasteiger partial charge in [0.05, 0.1) is 6.54 Å². The molecule has 0 aliphatic rings. The summed E-state index contributed by atoms with van der Waals surface area (Å²) in [6, 6.07) is 0. The molecule has 0 aliphatic carbocycles. The van der Waals surface area contributed by atoms with E-state index in [0.717, 1.165) is 12.8 Å². The number of nitrogens with one attached hydrogen (secondary N) is 2. The monoisotopic (exact) mass is 281 g/mol. The molecule has 0 radical (unpaired) electrons. The Balaban J connectivity index is 2.68. The van der Waals surface area contributed by atoms with Crippen LogP contribution in [0, 0.1) is 0 Å². The Morgan fingerprint density at radius 2 is 2.00 bits per heavy atom. The van der Waals surface area contributed by atoms with Gasteiger partial charge < -0.3 is 10.2 Å². The predicted molar refractivity (Wildman–Crippen MR) is 75.3 cm³/mol. The molecule has 112 valence electrons. The number of aryl methyl sites for hydroxylation is 1. The molecule has 0 aliphatic heterocycles. The molecule has 1 rings (SSSR count). The largest absolute Gasteiger partial charge is 0.355 e. The zero-order valence-electron chi connectivity index (χ0n) is 12.4. The van der Waals surface area contributed by atoms with Crippen molar-refractivity contribution in [3.05, 3.63) is 11.6 Å². The van der Waals surface area contributed by atoms with Gasteiger partial charge in [-0.3, -0.25) is 14.7 Å². The van der Waals surface area contributed by atoms with Crippen molar-refractivity contribution in [1.29, 1.82) is 0 Å². The second kappa shape index (κ2) is 8.29. The van der Waals surface area contributed by atoms with Crippen molar-refractivity contribution in [3.63, 3.8) is 0 Å². The lowest BCUT2D eigenvalue weighted by Crippen LogP contribution is -2.41. The molecule has 7 heteroatoms. The number of hydrogen-bond acceptors (Lipinski definition) is 4. The lowest BCUT2D eigenvalue weighted by molar-refractivity contribution is -0.121. The van der Waals surface area contributed by atoms with Gasteiger partial charge in [0.15, 0.2) is 0 Å². The maximum Gasteiger partial charge on any atom is 0.293 e. The van der Waals surface area contributed by atoms with Crippen LogP contribution in [-0.4, -0.2) is 51.5 Å². The van der Waals surface area contributed by atoms with Crippen LogP contribution < -0.4 is 5.32 Å². The molecule has 0 fully saturated rings. The third kappa shape index (κ3) is 4.64. The van der Waals surface area contributed by atoms with Crippen molar-refractivity contribution < 1.29 is 9.59 Å². The molecule has 0 aromatic carbocycles. The van der Waals surface area contributed by atoms with Gasteiger partial charge in [-0.05, 0) is 12.8 Å². The number of nitrogens with zero attached hydrogens (tertiary/aromatic N) is 3. The van der Waals surface area contributed by atoms with E-state index in [-0.39, 0.29) is 24.2 Å². The van der Waals surface area contributed by atoms with Crippen molar-refractivity contribution in [2.75, 3.05) is 19.6 Å². The normalized spacial score (nSPS) is 10.3. The SMILES string of the molecule is CCCNC(=O)CN(CCC)C(=O)c1n[nH]c(CC)n1. The van der Waals surface area contributed by atoms with Gasteiger partial charge in [-0.2, -0.15) is 0 Å². The van der Waals surface area contributed by atoms with E-state index in [1.807, 2.05) is 20.8 Å². The molecule has 7 nitrogen and oxygen atoms in total. The topological polar surface area (TPSA) is 91.0 Å². The molecule has 1 heterocycles. The number of carbonyl (C=O) groups is 2. The highest BCUT2D eigenvalue weighted by atomic mass is 16.2. The first-order chi connectivity index (χ1) is 9.62. The van der Waals surface area contributed by atoms with Gasteiger partial charge in [0.1, 0.15) is 5.82 Å². The first-order valence-corrected chi connectivity index (χ1v) is 7.09. The highest BCUT2D eigenvalue weighted by Gasteiger charge is 2.21. The number of amides is 2.